The minimum atomic E-state index is -3.66. The number of piperidine rings is 1. The van der Waals surface area contributed by atoms with E-state index in [-0.39, 0.29) is 22.8 Å². The van der Waals surface area contributed by atoms with Crippen LogP contribution in [0.4, 0.5) is 0 Å². The number of carbonyl (C=O) groups excluding carboxylic acids is 2. The molecule has 31 heavy (non-hydrogen) atoms. The number of sulfonamides is 1. The summed E-state index contributed by atoms with van der Waals surface area (Å²) in [7, 11) is -1.94. The maximum absolute atomic E-state index is 13.0. The maximum atomic E-state index is 13.0. The first-order valence-electron chi connectivity index (χ1n) is 10.1. The molecule has 2 aromatic carbocycles. The second kappa shape index (κ2) is 9.89. The van der Waals surface area contributed by atoms with Crippen molar-refractivity contribution in [3.8, 4) is 0 Å². The third kappa shape index (κ3) is 5.59. The molecule has 7 nitrogen and oxygen atoms in total. The van der Waals surface area contributed by atoms with Gasteiger partial charge in [0.15, 0.2) is 0 Å². The van der Waals surface area contributed by atoms with E-state index in [9.17, 15) is 18.0 Å². The second-order valence-corrected chi connectivity index (χ2v) is 9.50. The Balaban J connectivity index is 1.63. The Kier molecular flexibility index (Phi) is 7.25. The van der Waals surface area contributed by atoms with Crippen molar-refractivity contribution in [2.24, 2.45) is 0 Å². The highest BCUT2D eigenvalue weighted by molar-refractivity contribution is 7.89. The highest BCUT2D eigenvalue weighted by atomic mass is 32.2. The Labute approximate surface area is 183 Å². The summed E-state index contributed by atoms with van der Waals surface area (Å²) in [5.74, 6) is -0.426. The molecule has 0 aliphatic carbocycles. The fraction of sp³-hybridized carbons (Fsp3) is 0.304. The van der Waals surface area contributed by atoms with E-state index in [1.54, 1.807) is 24.1 Å². The molecule has 0 atom stereocenters. The highest BCUT2D eigenvalue weighted by Gasteiger charge is 2.30. The minimum Gasteiger partial charge on any atom is -0.350 e. The number of amides is 2. The summed E-state index contributed by atoms with van der Waals surface area (Å²) in [5.41, 5.74) is 1.45. The van der Waals surface area contributed by atoms with Gasteiger partial charge < -0.3 is 10.2 Å². The van der Waals surface area contributed by atoms with E-state index in [1.165, 1.54) is 22.5 Å². The molecule has 1 fully saturated rings. The van der Waals surface area contributed by atoms with Crippen LogP contribution in [0.5, 0.6) is 0 Å². The van der Waals surface area contributed by atoms with E-state index in [0.717, 1.165) is 5.56 Å². The van der Waals surface area contributed by atoms with Gasteiger partial charge in [-0.25, -0.2) is 8.42 Å². The van der Waals surface area contributed by atoms with Gasteiger partial charge in [0, 0.05) is 38.3 Å². The summed E-state index contributed by atoms with van der Waals surface area (Å²) in [4.78, 5) is 25.9. The predicted molar refractivity (Wildman–Crippen MR) is 119 cm³/mol. The smallest absolute Gasteiger partial charge is 0.253 e. The van der Waals surface area contributed by atoms with E-state index in [2.05, 4.69) is 11.9 Å². The van der Waals surface area contributed by atoms with E-state index in [4.69, 9.17) is 0 Å². The third-order valence-electron chi connectivity index (χ3n) is 5.33. The van der Waals surface area contributed by atoms with Crippen molar-refractivity contribution >= 4 is 21.8 Å². The van der Waals surface area contributed by atoms with Crippen LogP contribution in [0.15, 0.2) is 72.1 Å². The van der Waals surface area contributed by atoms with Crippen molar-refractivity contribution < 1.29 is 18.0 Å². The lowest BCUT2D eigenvalue weighted by molar-refractivity contribution is -0.117. The predicted octanol–water partition coefficient (Wildman–Crippen LogP) is 2.41. The fourth-order valence-electron chi connectivity index (χ4n) is 3.57. The van der Waals surface area contributed by atoms with Gasteiger partial charge in [0.25, 0.3) is 5.91 Å². The molecule has 3 rings (SSSR count). The van der Waals surface area contributed by atoms with Crippen molar-refractivity contribution in [2.45, 2.75) is 30.3 Å². The number of benzene rings is 2. The van der Waals surface area contributed by atoms with Gasteiger partial charge in [0.2, 0.25) is 15.9 Å². The summed E-state index contributed by atoms with van der Waals surface area (Å²) >= 11 is 0. The Morgan fingerprint density at radius 2 is 1.71 bits per heavy atom. The number of nitrogens with zero attached hydrogens (tertiary/aromatic N) is 2. The lowest BCUT2D eigenvalue weighted by Gasteiger charge is -2.31. The van der Waals surface area contributed by atoms with Gasteiger partial charge in [-0.3, -0.25) is 9.59 Å². The summed E-state index contributed by atoms with van der Waals surface area (Å²) in [6.45, 7) is 4.54. The van der Waals surface area contributed by atoms with Crippen molar-refractivity contribution in [3.05, 3.63) is 78.4 Å². The molecule has 0 aromatic heterocycles. The molecule has 0 spiro atoms. The molecule has 1 N–H and O–H groups in total. The zero-order chi connectivity index (χ0) is 22.4. The molecule has 0 unspecified atom stereocenters. The van der Waals surface area contributed by atoms with E-state index in [0.29, 0.717) is 38.0 Å². The quantitative estimate of drug-likeness (QED) is 0.669. The van der Waals surface area contributed by atoms with Crippen LogP contribution in [0.25, 0.3) is 0 Å². The maximum Gasteiger partial charge on any atom is 0.253 e. The lowest BCUT2D eigenvalue weighted by Crippen LogP contribution is -2.46. The van der Waals surface area contributed by atoms with Gasteiger partial charge >= 0.3 is 0 Å². The van der Waals surface area contributed by atoms with Crippen LogP contribution in [-0.4, -0.2) is 55.6 Å². The van der Waals surface area contributed by atoms with Gasteiger partial charge in [0.05, 0.1) is 4.90 Å². The Morgan fingerprint density at radius 3 is 2.29 bits per heavy atom. The molecule has 8 heteroatoms. The van der Waals surface area contributed by atoms with Crippen LogP contribution in [-0.2, 0) is 21.4 Å². The van der Waals surface area contributed by atoms with E-state index in [1.807, 2.05) is 30.3 Å². The monoisotopic (exact) mass is 441 g/mol. The second-order valence-electron chi connectivity index (χ2n) is 7.56. The van der Waals surface area contributed by atoms with Crippen LogP contribution in [0.3, 0.4) is 0 Å². The SMILES string of the molecule is C=CC(=O)NC1CCN(S(=O)(=O)c2ccc(C(=O)N(C)Cc3ccccc3)cc2)CC1. The highest BCUT2D eigenvalue weighted by Crippen LogP contribution is 2.22. The summed E-state index contributed by atoms with van der Waals surface area (Å²) < 4.78 is 27.3. The molecule has 0 radical (unpaired) electrons. The van der Waals surface area contributed by atoms with Crippen LogP contribution >= 0.6 is 0 Å². The first kappa shape index (κ1) is 22.7. The van der Waals surface area contributed by atoms with Crippen molar-refractivity contribution in [2.75, 3.05) is 20.1 Å². The molecule has 1 saturated heterocycles. The Bertz CT molecular complexity index is 1030. The Hall–Kier alpha value is -2.97. The molecule has 2 amide bonds. The average Bonchev–Trinajstić information content (AvgIpc) is 2.79. The molecule has 0 saturated carbocycles. The molecular weight excluding hydrogens is 414 g/mol. The molecule has 2 aromatic rings. The zero-order valence-corrected chi connectivity index (χ0v) is 18.3. The van der Waals surface area contributed by atoms with E-state index < -0.39 is 10.0 Å². The average molecular weight is 442 g/mol. The summed E-state index contributed by atoms with van der Waals surface area (Å²) in [6.07, 6.45) is 2.29. The van der Waals surface area contributed by atoms with Crippen molar-refractivity contribution in [1.29, 1.82) is 0 Å². The standard InChI is InChI=1S/C23H27N3O4S/c1-3-22(27)24-20-13-15-26(16-14-20)31(29,30)21-11-9-19(10-12-21)23(28)25(2)17-18-7-5-4-6-8-18/h3-12,20H,1,13-17H2,2H3,(H,24,27). The number of rotatable bonds is 7. The van der Waals surface area contributed by atoms with Crippen LogP contribution in [0, 0.1) is 0 Å². The first-order chi connectivity index (χ1) is 14.8. The summed E-state index contributed by atoms with van der Waals surface area (Å²) in [5, 5.41) is 2.81. The van der Waals surface area contributed by atoms with Gasteiger partial charge in [-0.1, -0.05) is 36.9 Å². The normalized spacial score (nSPS) is 15.3. The van der Waals surface area contributed by atoms with Gasteiger partial charge in [-0.05, 0) is 48.7 Å². The number of hydrogen-bond donors (Lipinski definition) is 1. The van der Waals surface area contributed by atoms with Crippen molar-refractivity contribution in [3.63, 3.8) is 0 Å². The molecular formula is C23H27N3O4S. The number of hydrogen-bond acceptors (Lipinski definition) is 4. The Morgan fingerprint density at radius 1 is 1.10 bits per heavy atom. The molecule has 164 valence electrons. The van der Waals surface area contributed by atoms with Gasteiger partial charge in [0.1, 0.15) is 0 Å². The topological polar surface area (TPSA) is 86.8 Å². The van der Waals surface area contributed by atoms with Gasteiger partial charge in [-0.2, -0.15) is 4.31 Å². The third-order valence-corrected chi connectivity index (χ3v) is 7.25. The molecule has 1 aliphatic rings. The van der Waals surface area contributed by atoms with Crippen molar-refractivity contribution in [1.82, 2.24) is 14.5 Å². The van der Waals surface area contributed by atoms with Gasteiger partial charge in [-0.15, -0.1) is 0 Å². The number of carbonyl (C=O) groups is 2. The number of nitrogens with one attached hydrogen (secondary N) is 1. The van der Waals surface area contributed by atoms with E-state index >= 15 is 0 Å². The minimum absolute atomic E-state index is 0.0582. The molecule has 1 heterocycles. The fourth-order valence-corrected chi connectivity index (χ4v) is 5.04. The lowest BCUT2D eigenvalue weighted by atomic mass is 10.1. The van der Waals surface area contributed by atoms with Crippen LogP contribution in [0.2, 0.25) is 0 Å². The molecule has 0 bridgehead atoms. The first-order valence-corrected chi connectivity index (χ1v) is 11.6. The zero-order valence-electron chi connectivity index (χ0n) is 17.5. The summed E-state index contributed by atoms with van der Waals surface area (Å²) in [6, 6.07) is 15.7. The largest absolute Gasteiger partial charge is 0.350 e. The van der Waals surface area contributed by atoms with Crippen LogP contribution < -0.4 is 5.32 Å². The molecule has 1 aliphatic heterocycles. The van der Waals surface area contributed by atoms with Crippen LogP contribution in [0.1, 0.15) is 28.8 Å².